The Balaban J connectivity index is 2.29. The van der Waals surface area contributed by atoms with E-state index >= 15 is 0 Å². The summed E-state index contributed by atoms with van der Waals surface area (Å²) in [6.45, 7) is 0. The lowest BCUT2D eigenvalue weighted by Gasteiger charge is -2.09. The number of carbonyl (C=O) groups excluding carboxylic acids is 1. The van der Waals surface area contributed by atoms with Crippen LogP contribution in [0.15, 0.2) is 42.6 Å². The number of rotatable bonds is 3. The molecule has 1 aromatic heterocycles. The summed E-state index contributed by atoms with van der Waals surface area (Å²) in [7, 11) is 1.70. The van der Waals surface area contributed by atoms with E-state index in [2.05, 4.69) is 15.6 Å². The number of nitriles is 1. The Hall–Kier alpha value is -2.87. The molecule has 5 nitrogen and oxygen atoms in total. The SMILES string of the molecule is CNc1ncccc1C(=O)Nc1ccccc1C#N. The van der Waals surface area contributed by atoms with Crippen LogP contribution in [0, 0.1) is 11.3 Å². The molecular weight excluding hydrogens is 240 g/mol. The van der Waals surface area contributed by atoms with Crippen LogP contribution in [0.3, 0.4) is 0 Å². The number of aromatic nitrogens is 1. The molecule has 2 N–H and O–H groups in total. The first kappa shape index (κ1) is 12.6. The van der Waals surface area contributed by atoms with Gasteiger partial charge in [0.1, 0.15) is 11.9 Å². The van der Waals surface area contributed by atoms with Gasteiger partial charge in [-0.1, -0.05) is 12.1 Å². The van der Waals surface area contributed by atoms with Crippen LogP contribution in [-0.4, -0.2) is 17.9 Å². The number of anilines is 2. The van der Waals surface area contributed by atoms with Crippen molar-refractivity contribution in [3.05, 3.63) is 53.7 Å². The highest BCUT2D eigenvalue weighted by atomic mass is 16.1. The molecule has 0 saturated carbocycles. The Morgan fingerprint density at radius 2 is 2.05 bits per heavy atom. The average Bonchev–Trinajstić information content (AvgIpc) is 2.47. The minimum Gasteiger partial charge on any atom is -0.372 e. The predicted molar refractivity (Wildman–Crippen MR) is 72.9 cm³/mol. The molecule has 1 heterocycles. The van der Waals surface area contributed by atoms with Crippen molar-refractivity contribution in [2.24, 2.45) is 0 Å². The van der Waals surface area contributed by atoms with Gasteiger partial charge in [0.05, 0.1) is 16.8 Å². The van der Waals surface area contributed by atoms with E-state index < -0.39 is 0 Å². The summed E-state index contributed by atoms with van der Waals surface area (Å²) in [5, 5.41) is 14.5. The largest absolute Gasteiger partial charge is 0.372 e. The zero-order chi connectivity index (χ0) is 13.7. The molecule has 0 radical (unpaired) electrons. The molecule has 19 heavy (non-hydrogen) atoms. The minimum absolute atomic E-state index is 0.305. The van der Waals surface area contributed by atoms with Crippen LogP contribution in [0.5, 0.6) is 0 Å². The fourth-order valence-corrected chi connectivity index (χ4v) is 1.67. The monoisotopic (exact) mass is 252 g/mol. The summed E-state index contributed by atoms with van der Waals surface area (Å²) in [5.74, 6) is 0.189. The average molecular weight is 252 g/mol. The van der Waals surface area contributed by atoms with Gasteiger partial charge in [-0.25, -0.2) is 4.98 Å². The molecule has 2 rings (SSSR count). The number of para-hydroxylation sites is 1. The smallest absolute Gasteiger partial charge is 0.259 e. The number of benzene rings is 1. The second kappa shape index (κ2) is 5.65. The first-order chi connectivity index (χ1) is 9.26. The summed E-state index contributed by atoms with van der Waals surface area (Å²) in [5.41, 5.74) is 1.34. The zero-order valence-corrected chi connectivity index (χ0v) is 10.3. The van der Waals surface area contributed by atoms with E-state index in [4.69, 9.17) is 5.26 Å². The molecule has 0 fully saturated rings. The molecule has 1 amide bonds. The van der Waals surface area contributed by atoms with Gasteiger partial charge in [-0.2, -0.15) is 5.26 Å². The number of amides is 1. The summed E-state index contributed by atoms with van der Waals surface area (Å²) in [6.07, 6.45) is 1.60. The number of pyridine rings is 1. The molecule has 0 aliphatic heterocycles. The number of nitrogens with one attached hydrogen (secondary N) is 2. The van der Waals surface area contributed by atoms with Crippen molar-refractivity contribution >= 4 is 17.4 Å². The van der Waals surface area contributed by atoms with Crippen molar-refractivity contribution in [1.82, 2.24) is 4.98 Å². The molecule has 0 aliphatic carbocycles. The number of nitrogens with zero attached hydrogens (tertiary/aromatic N) is 2. The quantitative estimate of drug-likeness (QED) is 0.878. The van der Waals surface area contributed by atoms with Crippen LogP contribution in [0.1, 0.15) is 15.9 Å². The van der Waals surface area contributed by atoms with Gasteiger partial charge < -0.3 is 10.6 Å². The molecule has 5 heteroatoms. The predicted octanol–water partition coefficient (Wildman–Crippen LogP) is 2.25. The summed E-state index contributed by atoms with van der Waals surface area (Å²) >= 11 is 0. The van der Waals surface area contributed by atoms with Gasteiger partial charge in [-0.15, -0.1) is 0 Å². The normalized spacial score (nSPS) is 9.47. The van der Waals surface area contributed by atoms with Gasteiger partial charge in [-0.05, 0) is 24.3 Å². The summed E-state index contributed by atoms with van der Waals surface area (Å²) in [6, 6.07) is 12.2. The molecule has 0 saturated heterocycles. The Kier molecular flexibility index (Phi) is 3.74. The highest BCUT2D eigenvalue weighted by molar-refractivity contribution is 6.07. The molecule has 94 valence electrons. The van der Waals surface area contributed by atoms with E-state index in [0.29, 0.717) is 22.6 Å². The molecule has 2 aromatic rings. The van der Waals surface area contributed by atoms with E-state index in [1.54, 1.807) is 49.6 Å². The maximum atomic E-state index is 12.2. The van der Waals surface area contributed by atoms with Crippen LogP contribution in [0.4, 0.5) is 11.5 Å². The summed E-state index contributed by atoms with van der Waals surface area (Å²) in [4.78, 5) is 16.2. The first-order valence-corrected chi connectivity index (χ1v) is 5.69. The van der Waals surface area contributed by atoms with Crippen molar-refractivity contribution in [3.8, 4) is 6.07 Å². The molecule has 0 unspecified atom stereocenters. The Labute approximate surface area is 110 Å². The van der Waals surface area contributed by atoms with Crippen molar-refractivity contribution in [2.75, 3.05) is 17.7 Å². The fourth-order valence-electron chi connectivity index (χ4n) is 1.67. The van der Waals surface area contributed by atoms with Gasteiger partial charge in [0.15, 0.2) is 0 Å². The Bertz CT molecular complexity index is 646. The number of hydrogen-bond acceptors (Lipinski definition) is 4. The van der Waals surface area contributed by atoms with E-state index in [9.17, 15) is 4.79 Å². The minimum atomic E-state index is -0.305. The molecule has 1 aromatic carbocycles. The molecule has 0 atom stereocenters. The highest BCUT2D eigenvalue weighted by Gasteiger charge is 2.12. The van der Waals surface area contributed by atoms with E-state index in [1.807, 2.05) is 6.07 Å². The molecular formula is C14H12N4O. The van der Waals surface area contributed by atoms with Crippen molar-refractivity contribution < 1.29 is 4.79 Å². The van der Waals surface area contributed by atoms with Crippen molar-refractivity contribution in [3.63, 3.8) is 0 Å². The molecule has 0 aliphatic rings. The second-order valence-electron chi connectivity index (χ2n) is 3.76. The van der Waals surface area contributed by atoms with Crippen LogP contribution in [0.2, 0.25) is 0 Å². The third-order valence-corrected chi connectivity index (χ3v) is 2.58. The maximum Gasteiger partial charge on any atom is 0.259 e. The molecule has 0 bridgehead atoms. The zero-order valence-electron chi connectivity index (χ0n) is 10.3. The van der Waals surface area contributed by atoms with Gasteiger partial charge in [0.2, 0.25) is 0 Å². The number of hydrogen-bond donors (Lipinski definition) is 2. The molecule has 0 spiro atoms. The van der Waals surface area contributed by atoms with Gasteiger partial charge >= 0.3 is 0 Å². The van der Waals surface area contributed by atoms with Crippen LogP contribution >= 0.6 is 0 Å². The Morgan fingerprint density at radius 1 is 1.26 bits per heavy atom. The lowest BCUT2D eigenvalue weighted by Crippen LogP contribution is -2.15. The van der Waals surface area contributed by atoms with Crippen molar-refractivity contribution in [2.45, 2.75) is 0 Å². The Morgan fingerprint density at radius 3 is 2.79 bits per heavy atom. The van der Waals surface area contributed by atoms with E-state index in [0.717, 1.165) is 0 Å². The third-order valence-electron chi connectivity index (χ3n) is 2.58. The van der Waals surface area contributed by atoms with Crippen LogP contribution < -0.4 is 10.6 Å². The van der Waals surface area contributed by atoms with Gasteiger partial charge in [0, 0.05) is 13.2 Å². The van der Waals surface area contributed by atoms with E-state index in [1.165, 1.54) is 0 Å². The second-order valence-corrected chi connectivity index (χ2v) is 3.76. The lowest BCUT2D eigenvalue weighted by atomic mass is 10.1. The maximum absolute atomic E-state index is 12.2. The van der Waals surface area contributed by atoms with Gasteiger partial charge in [-0.3, -0.25) is 4.79 Å². The van der Waals surface area contributed by atoms with Crippen molar-refractivity contribution in [1.29, 1.82) is 5.26 Å². The van der Waals surface area contributed by atoms with Crippen LogP contribution in [-0.2, 0) is 0 Å². The fraction of sp³-hybridized carbons (Fsp3) is 0.0714. The topological polar surface area (TPSA) is 77.8 Å². The number of carbonyl (C=O) groups is 1. The lowest BCUT2D eigenvalue weighted by molar-refractivity contribution is 0.102. The standard InChI is InChI=1S/C14H12N4O/c1-16-13-11(6-4-8-17-13)14(19)18-12-7-3-2-5-10(12)9-15/h2-8H,1H3,(H,16,17)(H,18,19). The highest BCUT2D eigenvalue weighted by Crippen LogP contribution is 2.17. The van der Waals surface area contributed by atoms with Crippen LogP contribution in [0.25, 0.3) is 0 Å². The summed E-state index contributed by atoms with van der Waals surface area (Å²) < 4.78 is 0. The van der Waals surface area contributed by atoms with Gasteiger partial charge in [0.25, 0.3) is 5.91 Å². The third kappa shape index (κ3) is 2.69. The first-order valence-electron chi connectivity index (χ1n) is 5.69. The van der Waals surface area contributed by atoms with E-state index in [-0.39, 0.29) is 5.91 Å².